The highest BCUT2D eigenvalue weighted by Gasteiger charge is 2.18. The number of ether oxygens (including phenoxy) is 1. The molecule has 0 radical (unpaired) electrons. The van der Waals surface area contributed by atoms with Crippen LogP contribution in [0.1, 0.15) is 12.0 Å². The normalized spacial score (nSPS) is 14.3. The van der Waals surface area contributed by atoms with E-state index in [1.807, 2.05) is 24.4 Å². The van der Waals surface area contributed by atoms with Gasteiger partial charge in [-0.3, -0.25) is 0 Å². The Kier molecular flexibility index (Phi) is 3.83. The number of hydrogen-bond donors (Lipinski definition) is 1. The Balaban J connectivity index is 1.92. The van der Waals surface area contributed by atoms with E-state index in [4.69, 9.17) is 10.5 Å². The highest BCUT2D eigenvalue weighted by molar-refractivity contribution is 5.67. The molecule has 1 aromatic heterocycles. The number of fused-ring (bicyclic) bond motifs is 1. The average Bonchev–Trinajstić information content (AvgIpc) is 2.71. The molecule has 104 valence electrons. The summed E-state index contributed by atoms with van der Waals surface area (Å²) in [4.78, 5) is 6.79. The van der Waals surface area contributed by atoms with Crippen LogP contribution in [0.15, 0.2) is 42.6 Å². The first-order valence-corrected chi connectivity index (χ1v) is 7.03. The standard InChI is InChI=1S/C16H19N3O/c17-9-8-13-6-7-16(18-12-13)19-10-3-11-20-15-5-2-1-4-14(15)19/h1-2,4-7,12H,3,8-11,17H2. The molecular formula is C16H19N3O. The van der Waals surface area contributed by atoms with E-state index in [9.17, 15) is 0 Å². The summed E-state index contributed by atoms with van der Waals surface area (Å²) in [6.07, 6.45) is 3.77. The highest BCUT2D eigenvalue weighted by atomic mass is 16.5. The summed E-state index contributed by atoms with van der Waals surface area (Å²) in [6.45, 7) is 2.32. The summed E-state index contributed by atoms with van der Waals surface area (Å²) in [7, 11) is 0. The first-order chi connectivity index (χ1) is 9.88. The molecule has 4 heteroatoms. The van der Waals surface area contributed by atoms with E-state index in [2.05, 4.69) is 28.1 Å². The van der Waals surface area contributed by atoms with Gasteiger partial charge in [0.1, 0.15) is 11.6 Å². The maximum absolute atomic E-state index is 5.78. The monoisotopic (exact) mass is 269 g/mol. The van der Waals surface area contributed by atoms with Gasteiger partial charge in [0.2, 0.25) is 0 Å². The van der Waals surface area contributed by atoms with Gasteiger partial charge in [-0.15, -0.1) is 0 Å². The SMILES string of the molecule is NCCc1ccc(N2CCCOc3ccccc32)nc1. The van der Waals surface area contributed by atoms with Crippen molar-refractivity contribution < 1.29 is 4.74 Å². The molecule has 1 aromatic carbocycles. The van der Waals surface area contributed by atoms with E-state index in [0.717, 1.165) is 43.2 Å². The number of anilines is 2. The van der Waals surface area contributed by atoms with Crippen LogP contribution in [0.4, 0.5) is 11.5 Å². The highest BCUT2D eigenvalue weighted by Crippen LogP contribution is 2.34. The molecule has 0 bridgehead atoms. The lowest BCUT2D eigenvalue weighted by atomic mass is 10.2. The molecule has 2 heterocycles. The van der Waals surface area contributed by atoms with Gasteiger partial charge in [-0.05, 0) is 43.1 Å². The van der Waals surface area contributed by atoms with Gasteiger partial charge in [0, 0.05) is 12.7 Å². The molecule has 2 N–H and O–H groups in total. The third-order valence-corrected chi connectivity index (χ3v) is 3.46. The number of hydrogen-bond acceptors (Lipinski definition) is 4. The third kappa shape index (κ3) is 2.60. The lowest BCUT2D eigenvalue weighted by Crippen LogP contribution is -2.18. The Labute approximate surface area is 119 Å². The van der Waals surface area contributed by atoms with E-state index in [1.54, 1.807) is 0 Å². The molecule has 0 amide bonds. The zero-order valence-corrected chi connectivity index (χ0v) is 11.5. The van der Waals surface area contributed by atoms with E-state index < -0.39 is 0 Å². The van der Waals surface area contributed by atoms with E-state index in [0.29, 0.717) is 6.54 Å². The smallest absolute Gasteiger partial charge is 0.142 e. The molecule has 0 aliphatic carbocycles. The Morgan fingerprint density at radius 3 is 2.90 bits per heavy atom. The maximum Gasteiger partial charge on any atom is 0.142 e. The number of nitrogens with zero attached hydrogens (tertiary/aromatic N) is 2. The number of nitrogens with two attached hydrogens (primary N) is 1. The number of aromatic nitrogens is 1. The Morgan fingerprint density at radius 2 is 2.10 bits per heavy atom. The number of pyridine rings is 1. The fourth-order valence-electron chi connectivity index (χ4n) is 2.46. The van der Waals surface area contributed by atoms with Crippen LogP contribution in [0.5, 0.6) is 5.75 Å². The number of benzene rings is 1. The predicted molar refractivity (Wildman–Crippen MR) is 80.6 cm³/mol. The fraction of sp³-hybridized carbons (Fsp3) is 0.312. The fourth-order valence-corrected chi connectivity index (χ4v) is 2.46. The molecule has 0 saturated heterocycles. The van der Waals surface area contributed by atoms with Gasteiger partial charge in [-0.2, -0.15) is 0 Å². The van der Waals surface area contributed by atoms with Crippen LogP contribution in [-0.2, 0) is 6.42 Å². The van der Waals surface area contributed by atoms with Gasteiger partial charge in [-0.25, -0.2) is 4.98 Å². The predicted octanol–water partition coefficient (Wildman–Crippen LogP) is 2.50. The second-order valence-electron chi connectivity index (χ2n) is 4.88. The second-order valence-corrected chi connectivity index (χ2v) is 4.88. The molecule has 0 saturated carbocycles. The Bertz CT molecular complexity index is 568. The van der Waals surface area contributed by atoms with Crippen molar-refractivity contribution in [3.63, 3.8) is 0 Å². The van der Waals surface area contributed by atoms with Gasteiger partial charge < -0.3 is 15.4 Å². The minimum Gasteiger partial charge on any atom is -0.491 e. The molecule has 2 aromatic rings. The summed E-state index contributed by atoms with van der Waals surface area (Å²) in [5.74, 6) is 1.89. The van der Waals surface area contributed by atoms with Crippen molar-refractivity contribution in [1.82, 2.24) is 4.98 Å². The van der Waals surface area contributed by atoms with Crippen molar-refractivity contribution in [2.75, 3.05) is 24.6 Å². The maximum atomic E-state index is 5.78. The third-order valence-electron chi connectivity index (χ3n) is 3.46. The van der Waals surface area contributed by atoms with Crippen molar-refractivity contribution in [2.24, 2.45) is 5.73 Å². The van der Waals surface area contributed by atoms with Gasteiger partial charge in [-0.1, -0.05) is 18.2 Å². The molecule has 0 unspecified atom stereocenters. The lowest BCUT2D eigenvalue weighted by Gasteiger charge is -2.22. The van der Waals surface area contributed by atoms with Gasteiger partial charge in [0.05, 0.1) is 12.3 Å². The summed E-state index contributed by atoms with van der Waals surface area (Å²) in [5.41, 5.74) is 7.83. The topological polar surface area (TPSA) is 51.4 Å². The summed E-state index contributed by atoms with van der Waals surface area (Å²) < 4.78 is 5.78. The molecule has 3 rings (SSSR count). The molecular weight excluding hydrogens is 250 g/mol. The molecule has 1 aliphatic rings. The molecule has 0 fully saturated rings. The van der Waals surface area contributed by atoms with Gasteiger partial charge in [0.25, 0.3) is 0 Å². The molecule has 0 spiro atoms. The summed E-state index contributed by atoms with van der Waals surface area (Å²) in [6, 6.07) is 12.3. The van der Waals surface area contributed by atoms with E-state index >= 15 is 0 Å². The average molecular weight is 269 g/mol. The number of para-hydroxylation sites is 2. The minimum absolute atomic E-state index is 0.654. The lowest BCUT2D eigenvalue weighted by molar-refractivity contribution is 0.322. The van der Waals surface area contributed by atoms with Crippen LogP contribution in [0.25, 0.3) is 0 Å². The van der Waals surface area contributed by atoms with Crippen molar-refractivity contribution in [2.45, 2.75) is 12.8 Å². The van der Waals surface area contributed by atoms with E-state index in [1.165, 1.54) is 5.56 Å². The molecule has 20 heavy (non-hydrogen) atoms. The number of rotatable bonds is 3. The Hall–Kier alpha value is -2.07. The Morgan fingerprint density at radius 1 is 1.20 bits per heavy atom. The van der Waals surface area contributed by atoms with Gasteiger partial charge in [0.15, 0.2) is 0 Å². The van der Waals surface area contributed by atoms with Crippen molar-refractivity contribution >= 4 is 11.5 Å². The van der Waals surface area contributed by atoms with Crippen LogP contribution in [0.3, 0.4) is 0 Å². The zero-order chi connectivity index (χ0) is 13.8. The second kappa shape index (κ2) is 5.92. The van der Waals surface area contributed by atoms with Crippen molar-refractivity contribution in [1.29, 1.82) is 0 Å². The van der Waals surface area contributed by atoms with Gasteiger partial charge >= 0.3 is 0 Å². The van der Waals surface area contributed by atoms with Crippen LogP contribution < -0.4 is 15.4 Å². The summed E-state index contributed by atoms with van der Waals surface area (Å²) >= 11 is 0. The first-order valence-electron chi connectivity index (χ1n) is 7.03. The van der Waals surface area contributed by atoms with Crippen molar-refractivity contribution in [3.05, 3.63) is 48.2 Å². The van der Waals surface area contributed by atoms with Crippen molar-refractivity contribution in [3.8, 4) is 5.75 Å². The largest absolute Gasteiger partial charge is 0.491 e. The van der Waals surface area contributed by atoms with Crippen LogP contribution in [-0.4, -0.2) is 24.7 Å². The molecule has 4 nitrogen and oxygen atoms in total. The van der Waals surface area contributed by atoms with E-state index in [-0.39, 0.29) is 0 Å². The van der Waals surface area contributed by atoms with Crippen LogP contribution in [0.2, 0.25) is 0 Å². The van der Waals surface area contributed by atoms with Crippen LogP contribution in [0, 0.1) is 0 Å². The van der Waals surface area contributed by atoms with Crippen LogP contribution >= 0.6 is 0 Å². The first kappa shape index (κ1) is 12.9. The summed E-state index contributed by atoms with van der Waals surface area (Å²) in [5, 5.41) is 0. The molecule has 1 aliphatic heterocycles. The molecule has 0 atom stereocenters. The minimum atomic E-state index is 0.654. The quantitative estimate of drug-likeness (QED) is 0.930. The zero-order valence-electron chi connectivity index (χ0n) is 11.5.